The van der Waals surface area contributed by atoms with Gasteiger partial charge in [0.05, 0.1) is 13.0 Å². The van der Waals surface area contributed by atoms with E-state index in [0.717, 1.165) is 4.47 Å². The molecule has 0 aliphatic carbocycles. The Kier molecular flexibility index (Phi) is 4.32. The van der Waals surface area contributed by atoms with Gasteiger partial charge in [0, 0.05) is 28.8 Å². The second-order valence-corrected chi connectivity index (χ2v) is 5.91. The number of hydrogen-bond acceptors (Lipinski definition) is 4. The van der Waals surface area contributed by atoms with Gasteiger partial charge >= 0.3 is 5.97 Å². The van der Waals surface area contributed by atoms with E-state index in [1.165, 1.54) is 7.11 Å². The number of amides is 1. The zero-order chi connectivity index (χ0) is 14.9. The van der Waals surface area contributed by atoms with Crippen LogP contribution in [-0.2, 0) is 9.53 Å². The average Bonchev–Trinajstić information content (AvgIpc) is 2.82. The molecule has 1 aromatic carbocycles. The first-order valence-electron chi connectivity index (χ1n) is 6.36. The van der Waals surface area contributed by atoms with Gasteiger partial charge in [0.1, 0.15) is 0 Å². The summed E-state index contributed by atoms with van der Waals surface area (Å²) in [7, 11) is 1.37. The number of hydrogen-bond donors (Lipinski definition) is 1. The average molecular weight is 341 g/mol. The Balaban J connectivity index is 2.14. The first-order chi connectivity index (χ1) is 9.43. The Morgan fingerprint density at radius 3 is 2.70 bits per heavy atom. The second-order valence-electron chi connectivity index (χ2n) is 5.05. The standard InChI is InChI=1S/C14H17BrN2O3/c1-8-6-17(7-10(8)14(19)20-2)13(18)9-3-4-11(15)12(16)5-9/h3-5,8,10H,6-7,16H2,1-2H3. The fraction of sp³-hybridized carbons (Fsp3) is 0.429. The lowest BCUT2D eigenvalue weighted by atomic mass is 9.99. The molecule has 2 N–H and O–H groups in total. The predicted molar refractivity (Wildman–Crippen MR) is 79.1 cm³/mol. The van der Waals surface area contributed by atoms with Crippen molar-refractivity contribution in [3.05, 3.63) is 28.2 Å². The van der Waals surface area contributed by atoms with E-state index in [9.17, 15) is 9.59 Å². The topological polar surface area (TPSA) is 72.6 Å². The predicted octanol–water partition coefficient (Wildman–Crippen LogP) is 1.91. The summed E-state index contributed by atoms with van der Waals surface area (Å²) in [5.74, 6) is -0.526. The summed E-state index contributed by atoms with van der Waals surface area (Å²) in [5, 5.41) is 0. The summed E-state index contributed by atoms with van der Waals surface area (Å²) in [6, 6.07) is 5.11. The maximum Gasteiger partial charge on any atom is 0.310 e. The number of ether oxygens (including phenoxy) is 1. The van der Waals surface area contributed by atoms with Crippen molar-refractivity contribution < 1.29 is 14.3 Å². The number of nitrogens with two attached hydrogens (primary N) is 1. The van der Waals surface area contributed by atoms with E-state index < -0.39 is 0 Å². The molecule has 1 heterocycles. The zero-order valence-electron chi connectivity index (χ0n) is 11.4. The number of esters is 1. The lowest BCUT2D eigenvalue weighted by Crippen LogP contribution is -2.30. The number of anilines is 1. The van der Waals surface area contributed by atoms with Crippen molar-refractivity contribution in [3.8, 4) is 0 Å². The van der Waals surface area contributed by atoms with Crippen LogP contribution in [0, 0.1) is 11.8 Å². The van der Waals surface area contributed by atoms with Gasteiger partial charge in [-0.05, 0) is 40.0 Å². The van der Waals surface area contributed by atoms with Crippen LogP contribution in [0.1, 0.15) is 17.3 Å². The molecule has 5 nitrogen and oxygen atoms in total. The van der Waals surface area contributed by atoms with Crippen molar-refractivity contribution in [2.45, 2.75) is 6.92 Å². The van der Waals surface area contributed by atoms with Gasteiger partial charge in [-0.15, -0.1) is 0 Å². The van der Waals surface area contributed by atoms with Gasteiger partial charge in [0.15, 0.2) is 0 Å². The fourth-order valence-corrected chi connectivity index (χ4v) is 2.70. The summed E-state index contributed by atoms with van der Waals surface area (Å²) < 4.78 is 5.53. The molecule has 1 fully saturated rings. The molecule has 0 aromatic heterocycles. The van der Waals surface area contributed by atoms with Gasteiger partial charge < -0.3 is 15.4 Å². The molecule has 0 spiro atoms. The summed E-state index contributed by atoms with van der Waals surface area (Å²) in [6.07, 6.45) is 0. The van der Waals surface area contributed by atoms with Crippen LogP contribution in [0.4, 0.5) is 5.69 Å². The maximum absolute atomic E-state index is 12.4. The lowest BCUT2D eigenvalue weighted by molar-refractivity contribution is -0.146. The van der Waals surface area contributed by atoms with Crippen LogP contribution in [0.3, 0.4) is 0 Å². The van der Waals surface area contributed by atoms with Crippen molar-refractivity contribution >= 4 is 33.5 Å². The van der Waals surface area contributed by atoms with E-state index in [0.29, 0.717) is 24.3 Å². The molecule has 2 unspecified atom stereocenters. The smallest absolute Gasteiger partial charge is 0.310 e. The number of methoxy groups -OCH3 is 1. The maximum atomic E-state index is 12.4. The first kappa shape index (κ1) is 14.8. The highest BCUT2D eigenvalue weighted by Crippen LogP contribution is 2.27. The van der Waals surface area contributed by atoms with Gasteiger partial charge in [-0.1, -0.05) is 6.92 Å². The summed E-state index contributed by atoms with van der Waals surface area (Å²) in [5.41, 5.74) is 6.84. The van der Waals surface area contributed by atoms with Crippen molar-refractivity contribution in [1.82, 2.24) is 4.90 Å². The Morgan fingerprint density at radius 1 is 1.40 bits per heavy atom. The number of carbonyl (C=O) groups is 2. The minimum Gasteiger partial charge on any atom is -0.469 e. The Bertz CT molecular complexity index is 547. The molecule has 20 heavy (non-hydrogen) atoms. The Labute approximate surface area is 126 Å². The molecule has 2 atom stereocenters. The van der Waals surface area contributed by atoms with E-state index in [1.54, 1.807) is 23.1 Å². The molecule has 108 valence electrons. The van der Waals surface area contributed by atoms with Crippen LogP contribution in [0.2, 0.25) is 0 Å². The molecule has 2 rings (SSSR count). The highest BCUT2D eigenvalue weighted by Gasteiger charge is 2.37. The molecule has 1 amide bonds. The lowest BCUT2D eigenvalue weighted by Gasteiger charge is -2.16. The Hall–Kier alpha value is -1.56. The zero-order valence-corrected chi connectivity index (χ0v) is 13.0. The largest absolute Gasteiger partial charge is 0.469 e. The minimum atomic E-state index is -0.261. The highest BCUT2D eigenvalue weighted by molar-refractivity contribution is 9.10. The molecule has 1 aliphatic heterocycles. The van der Waals surface area contributed by atoms with E-state index in [4.69, 9.17) is 10.5 Å². The molecule has 1 saturated heterocycles. The SMILES string of the molecule is COC(=O)C1CN(C(=O)c2ccc(Br)c(N)c2)CC1C. The van der Waals surface area contributed by atoms with Crippen LogP contribution in [-0.4, -0.2) is 37.0 Å². The number of halogens is 1. The molecule has 0 radical (unpaired) electrons. The van der Waals surface area contributed by atoms with Gasteiger partial charge in [-0.3, -0.25) is 9.59 Å². The third-order valence-corrected chi connectivity index (χ3v) is 4.37. The van der Waals surface area contributed by atoms with E-state index in [2.05, 4.69) is 15.9 Å². The van der Waals surface area contributed by atoms with Gasteiger partial charge in [-0.2, -0.15) is 0 Å². The van der Waals surface area contributed by atoms with Crippen LogP contribution >= 0.6 is 15.9 Å². The first-order valence-corrected chi connectivity index (χ1v) is 7.15. The number of benzene rings is 1. The van der Waals surface area contributed by atoms with Crippen LogP contribution < -0.4 is 5.73 Å². The van der Waals surface area contributed by atoms with E-state index >= 15 is 0 Å². The van der Waals surface area contributed by atoms with Crippen LogP contribution in [0.5, 0.6) is 0 Å². The third-order valence-electron chi connectivity index (χ3n) is 3.65. The van der Waals surface area contributed by atoms with Gasteiger partial charge in [0.2, 0.25) is 0 Å². The molecule has 1 aliphatic rings. The number of nitrogens with zero attached hydrogens (tertiary/aromatic N) is 1. The quantitative estimate of drug-likeness (QED) is 0.659. The minimum absolute atomic E-state index is 0.0965. The fourth-order valence-electron chi connectivity index (χ4n) is 2.45. The molecular formula is C14H17BrN2O3. The Morgan fingerprint density at radius 2 is 2.10 bits per heavy atom. The van der Waals surface area contributed by atoms with Crippen molar-refractivity contribution in [3.63, 3.8) is 0 Å². The summed E-state index contributed by atoms with van der Waals surface area (Å²) in [6.45, 7) is 2.89. The normalized spacial score (nSPS) is 21.9. The number of rotatable bonds is 2. The number of carbonyl (C=O) groups excluding carboxylic acids is 2. The van der Waals surface area contributed by atoms with Gasteiger partial charge in [-0.25, -0.2) is 0 Å². The molecule has 0 saturated carbocycles. The van der Waals surface area contributed by atoms with E-state index in [-0.39, 0.29) is 23.7 Å². The van der Waals surface area contributed by atoms with Crippen molar-refractivity contribution in [2.75, 3.05) is 25.9 Å². The van der Waals surface area contributed by atoms with E-state index in [1.807, 2.05) is 6.92 Å². The summed E-state index contributed by atoms with van der Waals surface area (Å²) in [4.78, 5) is 25.7. The summed E-state index contributed by atoms with van der Waals surface area (Å²) >= 11 is 3.30. The highest BCUT2D eigenvalue weighted by atomic mass is 79.9. The van der Waals surface area contributed by atoms with Crippen LogP contribution in [0.15, 0.2) is 22.7 Å². The second kappa shape index (κ2) is 5.83. The van der Waals surface area contributed by atoms with Gasteiger partial charge in [0.25, 0.3) is 5.91 Å². The molecule has 0 bridgehead atoms. The number of nitrogen functional groups attached to an aromatic ring is 1. The number of likely N-dealkylation sites (tertiary alicyclic amines) is 1. The molecule has 1 aromatic rings. The third kappa shape index (κ3) is 2.80. The van der Waals surface area contributed by atoms with Crippen molar-refractivity contribution in [1.29, 1.82) is 0 Å². The van der Waals surface area contributed by atoms with Crippen molar-refractivity contribution in [2.24, 2.45) is 11.8 Å². The van der Waals surface area contributed by atoms with Crippen LogP contribution in [0.25, 0.3) is 0 Å². The molecule has 6 heteroatoms. The molecular weight excluding hydrogens is 324 g/mol. The monoisotopic (exact) mass is 340 g/mol.